The summed E-state index contributed by atoms with van der Waals surface area (Å²) in [7, 11) is 0. The molecule has 0 aliphatic heterocycles. The van der Waals surface area contributed by atoms with E-state index in [0.717, 1.165) is 24.2 Å². The quantitative estimate of drug-likeness (QED) is 0.794. The molecule has 2 saturated carbocycles. The van der Waals surface area contributed by atoms with Crippen molar-refractivity contribution in [3.63, 3.8) is 0 Å². The van der Waals surface area contributed by atoms with Crippen molar-refractivity contribution in [3.8, 4) is 0 Å². The standard InChI is InChI=1S/C15H24N4O.ClH/c1-9-5-13(19-18-9)8-14(20)17-15-10-3-2-4-11(15)7-12(16)6-10;/h5,10-12,15H,2-4,6-8,16H2,1H3,(H,17,20)(H,18,19);1H. The molecule has 2 unspecified atom stereocenters. The second-order valence-electron chi connectivity index (χ2n) is 6.49. The van der Waals surface area contributed by atoms with Crippen molar-refractivity contribution < 1.29 is 4.79 Å². The van der Waals surface area contributed by atoms with Gasteiger partial charge < -0.3 is 11.1 Å². The molecular weight excluding hydrogens is 288 g/mol. The highest BCUT2D eigenvalue weighted by Gasteiger charge is 2.39. The summed E-state index contributed by atoms with van der Waals surface area (Å²) in [5.74, 6) is 1.23. The summed E-state index contributed by atoms with van der Waals surface area (Å²) in [6.07, 6.45) is 6.18. The van der Waals surface area contributed by atoms with Crippen LogP contribution in [0, 0.1) is 18.8 Å². The summed E-state index contributed by atoms with van der Waals surface area (Å²) in [5.41, 5.74) is 7.93. The number of nitrogens with one attached hydrogen (secondary N) is 2. The van der Waals surface area contributed by atoms with Crippen LogP contribution in [0.4, 0.5) is 0 Å². The van der Waals surface area contributed by atoms with Crippen LogP contribution < -0.4 is 11.1 Å². The number of carbonyl (C=O) groups is 1. The average molecular weight is 313 g/mol. The van der Waals surface area contributed by atoms with E-state index in [1.807, 2.05) is 13.0 Å². The van der Waals surface area contributed by atoms with Crippen molar-refractivity contribution in [2.45, 2.75) is 57.5 Å². The van der Waals surface area contributed by atoms with Crippen LogP contribution in [0.5, 0.6) is 0 Å². The van der Waals surface area contributed by atoms with Gasteiger partial charge in [-0.25, -0.2) is 0 Å². The third kappa shape index (κ3) is 3.77. The normalized spacial score (nSPS) is 31.3. The zero-order chi connectivity index (χ0) is 14.1. The zero-order valence-electron chi connectivity index (χ0n) is 12.5. The predicted molar refractivity (Wildman–Crippen MR) is 84.2 cm³/mol. The van der Waals surface area contributed by atoms with Crippen molar-refractivity contribution in [2.75, 3.05) is 0 Å². The SMILES string of the molecule is Cc1cc(CC(=O)NC2C3CCCC2CC(N)C3)n[nH]1.Cl. The molecule has 2 aliphatic rings. The molecule has 0 radical (unpaired) electrons. The van der Waals surface area contributed by atoms with Gasteiger partial charge in [-0.05, 0) is 50.5 Å². The van der Waals surface area contributed by atoms with E-state index in [-0.39, 0.29) is 18.3 Å². The fourth-order valence-electron chi connectivity index (χ4n) is 3.99. The smallest absolute Gasteiger partial charge is 0.226 e. The van der Waals surface area contributed by atoms with E-state index in [4.69, 9.17) is 5.73 Å². The van der Waals surface area contributed by atoms with Gasteiger partial charge in [-0.3, -0.25) is 9.89 Å². The Labute approximate surface area is 131 Å². The van der Waals surface area contributed by atoms with E-state index in [2.05, 4.69) is 15.5 Å². The number of aromatic nitrogens is 2. The molecule has 21 heavy (non-hydrogen) atoms. The Hall–Kier alpha value is -1.07. The third-order valence-corrected chi connectivity index (χ3v) is 4.80. The molecule has 2 fully saturated rings. The molecule has 118 valence electrons. The largest absolute Gasteiger partial charge is 0.352 e. The second kappa shape index (κ2) is 6.79. The lowest BCUT2D eigenvalue weighted by atomic mass is 9.67. The number of nitrogens with two attached hydrogens (primary N) is 1. The van der Waals surface area contributed by atoms with Crippen LogP contribution in [-0.4, -0.2) is 28.2 Å². The van der Waals surface area contributed by atoms with Gasteiger partial charge in [0.25, 0.3) is 0 Å². The first-order valence-electron chi connectivity index (χ1n) is 7.67. The van der Waals surface area contributed by atoms with Gasteiger partial charge in [0.1, 0.15) is 0 Å². The molecule has 1 heterocycles. The summed E-state index contributed by atoms with van der Waals surface area (Å²) >= 11 is 0. The lowest BCUT2D eigenvalue weighted by molar-refractivity contribution is -0.122. The highest BCUT2D eigenvalue weighted by Crippen LogP contribution is 2.39. The highest BCUT2D eigenvalue weighted by molar-refractivity contribution is 5.85. The highest BCUT2D eigenvalue weighted by atomic mass is 35.5. The molecule has 2 atom stereocenters. The first-order chi connectivity index (χ1) is 9.61. The van der Waals surface area contributed by atoms with Gasteiger partial charge in [0, 0.05) is 17.8 Å². The Kier molecular flexibility index (Phi) is 5.27. The Morgan fingerprint density at radius 3 is 2.67 bits per heavy atom. The lowest BCUT2D eigenvalue weighted by Gasteiger charge is -2.45. The number of aryl methyl sites for hydroxylation is 1. The summed E-state index contributed by atoms with van der Waals surface area (Å²) in [6.45, 7) is 1.95. The topological polar surface area (TPSA) is 83.8 Å². The van der Waals surface area contributed by atoms with E-state index in [0.29, 0.717) is 30.3 Å². The van der Waals surface area contributed by atoms with Gasteiger partial charge in [-0.1, -0.05) is 6.42 Å². The van der Waals surface area contributed by atoms with Crippen molar-refractivity contribution in [1.29, 1.82) is 0 Å². The molecule has 0 aromatic carbocycles. The Morgan fingerprint density at radius 1 is 1.43 bits per heavy atom. The van der Waals surface area contributed by atoms with E-state index in [1.165, 1.54) is 19.3 Å². The maximum Gasteiger partial charge on any atom is 0.226 e. The lowest BCUT2D eigenvalue weighted by Crippen LogP contribution is -2.54. The minimum absolute atomic E-state index is 0. The number of aromatic amines is 1. The molecule has 1 aromatic heterocycles. The van der Waals surface area contributed by atoms with E-state index in [1.54, 1.807) is 0 Å². The molecule has 2 aliphatic carbocycles. The number of rotatable bonds is 3. The number of nitrogens with zero attached hydrogens (tertiary/aromatic N) is 1. The van der Waals surface area contributed by atoms with Gasteiger partial charge >= 0.3 is 0 Å². The predicted octanol–water partition coefficient (Wildman–Crippen LogP) is 1.70. The Balaban J connectivity index is 0.00000161. The van der Waals surface area contributed by atoms with Gasteiger partial charge in [-0.2, -0.15) is 5.10 Å². The molecule has 6 heteroatoms. The van der Waals surface area contributed by atoms with E-state index < -0.39 is 0 Å². The van der Waals surface area contributed by atoms with Crippen molar-refractivity contribution in [1.82, 2.24) is 15.5 Å². The minimum atomic E-state index is 0. The van der Waals surface area contributed by atoms with Crippen molar-refractivity contribution >= 4 is 18.3 Å². The number of halogens is 1. The van der Waals surface area contributed by atoms with Gasteiger partial charge in [0.05, 0.1) is 12.1 Å². The van der Waals surface area contributed by atoms with Crippen LogP contribution in [-0.2, 0) is 11.2 Å². The number of amides is 1. The van der Waals surface area contributed by atoms with Crippen LogP contribution in [0.3, 0.4) is 0 Å². The molecule has 5 nitrogen and oxygen atoms in total. The fourth-order valence-corrected chi connectivity index (χ4v) is 3.99. The molecule has 1 amide bonds. The van der Waals surface area contributed by atoms with Crippen LogP contribution in [0.25, 0.3) is 0 Å². The molecule has 0 spiro atoms. The number of H-pyrrole nitrogens is 1. The molecule has 0 saturated heterocycles. The maximum absolute atomic E-state index is 12.2. The van der Waals surface area contributed by atoms with Gasteiger partial charge in [0.15, 0.2) is 0 Å². The van der Waals surface area contributed by atoms with Gasteiger partial charge in [0.2, 0.25) is 5.91 Å². The fraction of sp³-hybridized carbons (Fsp3) is 0.733. The number of fused-ring (bicyclic) bond motifs is 2. The van der Waals surface area contributed by atoms with Crippen molar-refractivity contribution in [2.24, 2.45) is 17.6 Å². The van der Waals surface area contributed by atoms with Crippen LogP contribution in [0.1, 0.15) is 43.5 Å². The first kappa shape index (κ1) is 16.3. The van der Waals surface area contributed by atoms with Crippen LogP contribution in [0.15, 0.2) is 6.07 Å². The number of carbonyl (C=O) groups excluding carboxylic acids is 1. The maximum atomic E-state index is 12.2. The molecule has 1 aromatic rings. The number of hydrogen-bond acceptors (Lipinski definition) is 3. The zero-order valence-corrected chi connectivity index (χ0v) is 13.3. The molecular formula is C15H25ClN4O. The number of hydrogen-bond donors (Lipinski definition) is 3. The summed E-state index contributed by atoms with van der Waals surface area (Å²) in [5, 5.41) is 10.3. The van der Waals surface area contributed by atoms with Crippen LogP contribution in [0.2, 0.25) is 0 Å². The summed E-state index contributed by atoms with van der Waals surface area (Å²) in [6, 6.07) is 2.58. The minimum Gasteiger partial charge on any atom is -0.352 e. The van der Waals surface area contributed by atoms with E-state index >= 15 is 0 Å². The van der Waals surface area contributed by atoms with Crippen molar-refractivity contribution in [3.05, 3.63) is 17.5 Å². The Morgan fingerprint density at radius 2 is 2.10 bits per heavy atom. The second-order valence-corrected chi connectivity index (χ2v) is 6.49. The van der Waals surface area contributed by atoms with Gasteiger partial charge in [-0.15, -0.1) is 12.4 Å². The monoisotopic (exact) mass is 312 g/mol. The summed E-state index contributed by atoms with van der Waals surface area (Å²) in [4.78, 5) is 12.2. The summed E-state index contributed by atoms with van der Waals surface area (Å²) < 4.78 is 0. The molecule has 3 rings (SSSR count). The molecule has 4 N–H and O–H groups in total. The Bertz CT molecular complexity index is 476. The average Bonchev–Trinajstić information content (AvgIpc) is 2.76. The van der Waals surface area contributed by atoms with Crippen LogP contribution >= 0.6 is 12.4 Å². The third-order valence-electron chi connectivity index (χ3n) is 4.80. The first-order valence-corrected chi connectivity index (χ1v) is 7.67. The molecule has 2 bridgehead atoms. The van der Waals surface area contributed by atoms with E-state index in [9.17, 15) is 4.79 Å².